The molecule has 0 atom stereocenters. The molecule has 0 saturated carbocycles. The Morgan fingerprint density at radius 2 is 1.20 bits per heavy atom. The van der Waals surface area contributed by atoms with Crippen molar-refractivity contribution in [3.63, 3.8) is 0 Å². The molecule has 0 radical (unpaired) electrons. The first-order valence-electron chi connectivity index (χ1n) is 11.7. The van der Waals surface area contributed by atoms with E-state index in [0.29, 0.717) is 12.0 Å². The molecule has 4 rings (SSSR count). The van der Waals surface area contributed by atoms with E-state index in [9.17, 15) is 43.9 Å². The third kappa shape index (κ3) is 5.64. The molecule has 4 aromatic rings. The van der Waals surface area contributed by atoms with Crippen molar-refractivity contribution in [2.75, 3.05) is 0 Å². The number of halogens is 10. The van der Waals surface area contributed by atoms with Gasteiger partial charge in [0, 0.05) is 17.7 Å². The normalized spacial score (nSPS) is 11.7. The van der Waals surface area contributed by atoms with Crippen molar-refractivity contribution in [2.24, 2.45) is 0 Å². The molecule has 0 saturated heterocycles. The minimum Gasteiger partial charge on any atom is -0.429 e. The van der Waals surface area contributed by atoms with Crippen LogP contribution in [0.3, 0.4) is 0 Å². The first-order valence-corrected chi connectivity index (χ1v) is 11.7. The lowest BCUT2D eigenvalue weighted by molar-refractivity contribution is -0.189. The summed E-state index contributed by atoms with van der Waals surface area (Å²) in [6.45, 7) is 0.297. The number of hydrogen-bond acceptors (Lipinski definition) is 1. The second-order valence-electron chi connectivity index (χ2n) is 8.81. The van der Waals surface area contributed by atoms with Gasteiger partial charge in [-0.15, -0.1) is 0 Å². The van der Waals surface area contributed by atoms with Crippen LogP contribution in [0.2, 0.25) is 0 Å². The van der Waals surface area contributed by atoms with Gasteiger partial charge in [0.2, 0.25) is 0 Å². The third-order valence-electron chi connectivity index (χ3n) is 6.04. The Balaban J connectivity index is 1.70. The van der Waals surface area contributed by atoms with Gasteiger partial charge in [-0.3, -0.25) is 0 Å². The number of hydrogen-bond donors (Lipinski definition) is 0. The second kappa shape index (κ2) is 11.2. The minimum atomic E-state index is -4.86. The number of ether oxygens (including phenoxy) is 1. The Labute approximate surface area is 221 Å². The van der Waals surface area contributed by atoms with Crippen LogP contribution in [0.4, 0.5) is 43.9 Å². The van der Waals surface area contributed by atoms with Crippen LogP contribution < -0.4 is 4.74 Å². The average Bonchev–Trinajstić information content (AvgIpc) is 2.83. The smallest absolute Gasteiger partial charge is 0.429 e. The van der Waals surface area contributed by atoms with Crippen LogP contribution in [0.5, 0.6) is 5.75 Å². The summed E-state index contributed by atoms with van der Waals surface area (Å²) in [6.07, 6.45) is -3.54. The Hall–Kier alpha value is -4.02. The first-order chi connectivity index (χ1) is 18.9. The number of aryl methyl sites for hydroxylation is 1. The zero-order chi connectivity index (χ0) is 29.4. The van der Waals surface area contributed by atoms with Gasteiger partial charge in [0.15, 0.2) is 0 Å². The molecule has 0 unspecified atom stereocenters. The molecule has 0 aliphatic carbocycles. The number of rotatable bonds is 8. The van der Waals surface area contributed by atoms with Crippen molar-refractivity contribution in [2.45, 2.75) is 32.5 Å². The average molecular weight is 572 g/mol. The molecule has 40 heavy (non-hydrogen) atoms. The van der Waals surface area contributed by atoms with Crippen LogP contribution in [0.25, 0.3) is 22.3 Å². The van der Waals surface area contributed by atoms with Crippen LogP contribution in [-0.2, 0) is 19.2 Å². The molecule has 210 valence electrons. The Morgan fingerprint density at radius 3 is 1.70 bits per heavy atom. The van der Waals surface area contributed by atoms with E-state index in [1.165, 1.54) is 12.1 Å². The lowest BCUT2D eigenvalue weighted by Gasteiger charge is -2.20. The van der Waals surface area contributed by atoms with Gasteiger partial charge in [0.05, 0.1) is 11.1 Å². The Morgan fingerprint density at radius 1 is 0.650 bits per heavy atom. The molecular formula is C29H18F10O. The van der Waals surface area contributed by atoms with Gasteiger partial charge in [-0.2, -0.15) is 8.78 Å². The van der Waals surface area contributed by atoms with Crippen LogP contribution in [0, 0.1) is 40.7 Å². The highest BCUT2D eigenvalue weighted by Gasteiger charge is 2.42. The molecule has 0 bridgehead atoms. The van der Waals surface area contributed by atoms with Crippen molar-refractivity contribution in [3.05, 3.63) is 112 Å². The molecular weight excluding hydrogens is 554 g/mol. The van der Waals surface area contributed by atoms with Gasteiger partial charge in [0.1, 0.15) is 58.7 Å². The Kier molecular flexibility index (Phi) is 8.13. The van der Waals surface area contributed by atoms with E-state index in [2.05, 4.69) is 4.74 Å². The quantitative estimate of drug-likeness (QED) is 0.191. The molecule has 0 heterocycles. The van der Waals surface area contributed by atoms with Crippen LogP contribution in [-0.4, -0.2) is 0 Å². The fourth-order valence-corrected chi connectivity index (χ4v) is 4.20. The van der Waals surface area contributed by atoms with E-state index in [1.54, 1.807) is 6.07 Å². The summed E-state index contributed by atoms with van der Waals surface area (Å²) in [4.78, 5) is 0. The van der Waals surface area contributed by atoms with Gasteiger partial charge >= 0.3 is 6.11 Å². The van der Waals surface area contributed by atoms with E-state index < -0.39 is 81.5 Å². The van der Waals surface area contributed by atoms with Gasteiger partial charge in [-0.25, -0.2) is 35.1 Å². The summed E-state index contributed by atoms with van der Waals surface area (Å²) in [6, 6.07) is 6.39. The lowest BCUT2D eigenvalue weighted by atomic mass is 9.96. The summed E-state index contributed by atoms with van der Waals surface area (Å²) in [7, 11) is 0. The highest BCUT2D eigenvalue weighted by molar-refractivity contribution is 5.72. The fourth-order valence-electron chi connectivity index (χ4n) is 4.20. The standard InChI is InChI=1S/C29H18F10O/c1-2-3-14-4-5-18(20(31)6-14)15-7-23(34)27(24(35)8-15)16-9-25(36)28(26(37)10-16)29(38,39)40-17-11-21(32)19(13-30)22(33)12-17/h4-12H,2-3,13H2,1H3. The molecule has 0 fully saturated rings. The Bertz CT molecular complexity index is 1510. The summed E-state index contributed by atoms with van der Waals surface area (Å²) < 4.78 is 147. The second-order valence-corrected chi connectivity index (χ2v) is 8.81. The SMILES string of the molecule is CCCc1ccc(-c2cc(F)c(-c3cc(F)c(C(F)(F)Oc4cc(F)c(CF)c(F)c4)c(F)c3)c(F)c2)c(F)c1. The van der Waals surface area contributed by atoms with E-state index in [-0.39, 0.29) is 35.4 Å². The predicted octanol–water partition coefficient (Wildman–Crippen LogP) is 9.54. The van der Waals surface area contributed by atoms with Crippen molar-refractivity contribution in [1.29, 1.82) is 0 Å². The van der Waals surface area contributed by atoms with Gasteiger partial charge < -0.3 is 4.74 Å². The zero-order valence-corrected chi connectivity index (χ0v) is 20.5. The topological polar surface area (TPSA) is 9.23 Å². The van der Waals surface area contributed by atoms with Crippen LogP contribution in [0.15, 0.2) is 54.6 Å². The molecule has 11 heteroatoms. The van der Waals surface area contributed by atoms with E-state index >= 15 is 0 Å². The molecule has 0 aliphatic rings. The molecule has 0 aliphatic heterocycles. The summed E-state index contributed by atoms with van der Waals surface area (Å²) in [5.74, 6) is -11.8. The monoisotopic (exact) mass is 572 g/mol. The van der Waals surface area contributed by atoms with E-state index in [4.69, 9.17) is 0 Å². The maximum atomic E-state index is 15.0. The van der Waals surface area contributed by atoms with E-state index in [0.717, 1.165) is 18.6 Å². The zero-order valence-electron chi connectivity index (χ0n) is 20.5. The van der Waals surface area contributed by atoms with Gasteiger partial charge in [-0.05, 0) is 53.4 Å². The molecule has 0 spiro atoms. The molecule has 0 N–H and O–H groups in total. The van der Waals surface area contributed by atoms with E-state index in [1.807, 2.05) is 6.92 Å². The molecule has 4 aromatic carbocycles. The molecule has 0 amide bonds. The van der Waals surface area contributed by atoms with Gasteiger partial charge in [-0.1, -0.05) is 25.5 Å². The predicted molar refractivity (Wildman–Crippen MR) is 127 cm³/mol. The highest BCUT2D eigenvalue weighted by atomic mass is 19.3. The minimum absolute atomic E-state index is 0.138. The van der Waals surface area contributed by atoms with Crippen molar-refractivity contribution >= 4 is 0 Å². The highest BCUT2D eigenvalue weighted by Crippen LogP contribution is 2.39. The number of alkyl halides is 3. The van der Waals surface area contributed by atoms with Crippen molar-refractivity contribution in [3.8, 4) is 28.0 Å². The lowest BCUT2D eigenvalue weighted by Crippen LogP contribution is -2.25. The number of benzene rings is 4. The van der Waals surface area contributed by atoms with Crippen molar-refractivity contribution in [1.82, 2.24) is 0 Å². The fraction of sp³-hybridized carbons (Fsp3) is 0.172. The summed E-state index contributed by atoms with van der Waals surface area (Å²) in [5.41, 5.74) is -4.55. The summed E-state index contributed by atoms with van der Waals surface area (Å²) >= 11 is 0. The van der Waals surface area contributed by atoms with Crippen LogP contribution >= 0.6 is 0 Å². The van der Waals surface area contributed by atoms with Gasteiger partial charge in [0.25, 0.3) is 0 Å². The van der Waals surface area contributed by atoms with Crippen LogP contribution in [0.1, 0.15) is 30.0 Å². The molecule has 1 nitrogen and oxygen atoms in total. The van der Waals surface area contributed by atoms with Crippen molar-refractivity contribution < 1.29 is 48.6 Å². The third-order valence-corrected chi connectivity index (χ3v) is 6.04. The largest absolute Gasteiger partial charge is 0.432 e. The summed E-state index contributed by atoms with van der Waals surface area (Å²) in [5, 5.41) is 0. The molecule has 0 aromatic heterocycles. The first kappa shape index (κ1) is 29.0. The maximum Gasteiger partial charge on any atom is 0.432 e. The maximum absolute atomic E-state index is 15.0.